The fraction of sp³-hybridized carbons (Fsp3) is 0.581. The lowest BCUT2D eigenvalue weighted by Crippen LogP contribution is -2.37. The molecule has 0 fully saturated rings. The summed E-state index contributed by atoms with van der Waals surface area (Å²) in [5.41, 5.74) is 5.06. The number of hydrogen-bond acceptors (Lipinski definition) is 4. The zero-order chi connectivity index (χ0) is 34.0. The van der Waals surface area contributed by atoms with Gasteiger partial charge in [0, 0.05) is 16.7 Å². The molecule has 0 aromatic heterocycles. The molecule has 1 aliphatic carbocycles. The molecule has 0 spiro atoms. The van der Waals surface area contributed by atoms with Gasteiger partial charge >= 0.3 is 5.97 Å². The van der Waals surface area contributed by atoms with Crippen molar-refractivity contribution in [2.24, 2.45) is 17.8 Å². The Balaban J connectivity index is 1.26. The van der Waals surface area contributed by atoms with Crippen LogP contribution in [0, 0.1) is 31.6 Å². The van der Waals surface area contributed by atoms with Crippen LogP contribution in [0.4, 0.5) is 0 Å². The molecular formula is C43H60O4. The number of esters is 1. The first-order valence-electron chi connectivity index (χ1n) is 18.5. The van der Waals surface area contributed by atoms with Crippen molar-refractivity contribution in [3.8, 4) is 11.5 Å². The Bertz CT molecular complexity index is 1430. The molecule has 0 N–H and O–H groups in total. The van der Waals surface area contributed by atoms with Gasteiger partial charge in [0.05, 0.1) is 6.42 Å². The zero-order valence-electron chi connectivity index (χ0n) is 30.4. The van der Waals surface area contributed by atoms with Crippen molar-refractivity contribution in [2.45, 2.75) is 144 Å². The minimum Gasteiger partial charge on any atom is -0.487 e. The smallest absolute Gasteiger partial charge is 0.315 e. The third-order valence-electron chi connectivity index (χ3n) is 10.3. The molecule has 47 heavy (non-hydrogen) atoms. The Labute approximate surface area is 285 Å². The van der Waals surface area contributed by atoms with E-state index in [1.54, 1.807) is 0 Å². The van der Waals surface area contributed by atoms with E-state index >= 15 is 0 Å². The molecule has 4 rings (SSSR count). The van der Waals surface area contributed by atoms with Gasteiger partial charge in [-0.25, -0.2) is 0 Å². The lowest BCUT2D eigenvalue weighted by molar-refractivity contribution is -0.133. The van der Waals surface area contributed by atoms with E-state index in [1.165, 1.54) is 51.4 Å². The second-order valence-corrected chi connectivity index (χ2v) is 15.4. The minimum atomic E-state index is -0.329. The van der Waals surface area contributed by atoms with Gasteiger partial charge in [0.1, 0.15) is 17.1 Å². The number of Topliss-reactive ketones (excluding diaryl/α,β-unsaturated/α-hetero) is 1. The summed E-state index contributed by atoms with van der Waals surface area (Å²) in [4.78, 5) is 26.0. The first-order chi connectivity index (χ1) is 22.4. The maximum Gasteiger partial charge on any atom is 0.315 e. The maximum atomic E-state index is 13.1. The van der Waals surface area contributed by atoms with Crippen LogP contribution in [0.3, 0.4) is 0 Å². The van der Waals surface area contributed by atoms with Crippen molar-refractivity contribution in [3.05, 3.63) is 82.0 Å². The van der Waals surface area contributed by atoms with Gasteiger partial charge < -0.3 is 9.47 Å². The molecule has 1 heterocycles. The van der Waals surface area contributed by atoms with Gasteiger partial charge in [0.2, 0.25) is 0 Å². The van der Waals surface area contributed by atoms with Crippen LogP contribution >= 0.6 is 0 Å². The molecule has 4 heteroatoms. The van der Waals surface area contributed by atoms with Crippen LogP contribution in [-0.4, -0.2) is 17.4 Å². The molecule has 0 bridgehead atoms. The molecule has 256 valence electrons. The number of benzene rings is 2. The number of rotatable bonds is 17. The lowest BCUT2D eigenvalue weighted by atomic mass is 9.84. The van der Waals surface area contributed by atoms with E-state index in [0.717, 1.165) is 77.9 Å². The summed E-state index contributed by atoms with van der Waals surface area (Å²) in [5.74, 6) is 3.66. The monoisotopic (exact) mass is 640 g/mol. The number of fused-ring (bicyclic) bond motifs is 1. The fourth-order valence-corrected chi connectivity index (χ4v) is 7.24. The molecule has 0 saturated heterocycles. The van der Waals surface area contributed by atoms with Gasteiger partial charge in [-0.2, -0.15) is 0 Å². The molecule has 1 aliphatic heterocycles. The summed E-state index contributed by atoms with van der Waals surface area (Å²) >= 11 is 0. The fourth-order valence-electron chi connectivity index (χ4n) is 7.24. The number of ketones is 1. The van der Waals surface area contributed by atoms with Crippen LogP contribution in [0.1, 0.15) is 144 Å². The molecule has 0 amide bonds. The summed E-state index contributed by atoms with van der Waals surface area (Å²) in [7, 11) is 0. The molecule has 0 radical (unpaired) electrons. The Morgan fingerprint density at radius 2 is 1.62 bits per heavy atom. The molecule has 3 atom stereocenters. The van der Waals surface area contributed by atoms with E-state index in [9.17, 15) is 9.59 Å². The third kappa shape index (κ3) is 10.9. The highest BCUT2D eigenvalue weighted by molar-refractivity contribution is 6.10. The summed E-state index contributed by atoms with van der Waals surface area (Å²) in [5, 5.41) is 0. The van der Waals surface area contributed by atoms with E-state index < -0.39 is 0 Å². The number of hydrogen-bond donors (Lipinski definition) is 0. The molecule has 2 aromatic carbocycles. The Kier molecular flexibility index (Phi) is 13.5. The van der Waals surface area contributed by atoms with Gasteiger partial charge in [-0.1, -0.05) is 109 Å². The highest BCUT2D eigenvalue weighted by atomic mass is 16.5. The van der Waals surface area contributed by atoms with Crippen molar-refractivity contribution in [1.29, 1.82) is 0 Å². The number of carbonyl (C=O) groups excluding carboxylic acids is 2. The molecule has 0 saturated carbocycles. The van der Waals surface area contributed by atoms with Crippen LogP contribution in [0.25, 0.3) is 0 Å². The van der Waals surface area contributed by atoms with E-state index in [1.807, 2.05) is 55.5 Å². The predicted molar refractivity (Wildman–Crippen MR) is 195 cm³/mol. The van der Waals surface area contributed by atoms with Gasteiger partial charge in [-0.3, -0.25) is 9.59 Å². The molecule has 3 unspecified atom stereocenters. The predicted octanol–water partition coefficient (Wildman–Crippen LogP) is 11.4. The second kappa shape index (κ2) is 17.3. The largest absolute Gasteiger partial charge is 0.487 e. The first kappa shape index (κ1) is 36.7. The average Bonchev–Trinajstić information content (AvgIpc) is 3.03. The van der Waals surface area contributed by atoms with Crippen LogP contribution in [0.2, 0.25) is 0 Å². The van der Waals surface area contributed by atoms with Crippen molar-refractivity contribution >= 4 is 11.8 Å². The van der Waals surface area contributed by atoms with Crippen LogP contribution in [0.15, 0.2) is 54.1 Å². The van der Waals surface area contributed by atoms with Crippen molar-refractivity contribution in [3.63, 3.8) is 0 Å². The van der Waals surface area contributed by atoms with Gasteiger partial charge in [0.15, 0.2) is 5.78 Å². The van der Waals surface area contributed by atoms with Crippen molar-refractivity contribution in [2.75, 3.05) is 0 Å². The number of carbonyl (C=O) groups is 2. The SMILES string of the molecule is Cc1cc(OC(=O)Cc2cccc(C(=O)C3=CCCC=C3)c2)c(C)c2c1OC(C)(CCCC(C)CCCC(C)CCCC(C)C)CC2. The first-order valence-corrected chi connectivity index (χ1v) is 18.5. The van der Waals surface area contributed by atoms with Crippen LogP contribution in [-0.2, 0) is 17.6 Å². The molecule has 4 nitrogen and oxygen atoms in total. The van der Waals surface area contributed by atoms with E-state index in [4.69, 9.17) is 9.47 Å². The number of ether oxygens (including phenoxy) is 2. The quantitative estimate of drug-likeness (QED) is 0.0981. The van der Waals surface area contributed by atoms with Crippen LogP contribution < -0.4 is 9.47 Å². The van der Waals surface area contributed by atoms with E-state index in [0.29, 0.717) is 16.9 Å². The normalized spacial score (nSPS) is 18.7. The highest BCUT2D eigenvalue weighted by Crippen LogP contribution is 2.43. The standard InChI is InChI=1S/C43H60O4/c1-30(2)15-11-16-31(3)17-12-18-32(4)19-14-25-43(7)26-24-38-34(6)39(27-33(5)42(38)47-43)46-40(44)29-35-20-13-23-37(28-35)41(45)36-21-9-8-10-22-36/h9,13,20-23,27-28,30-32H,8,10-12,14-19,24-26,29H2,1-7H3. The summed E-state index contributed by atoms with van der Waals surface area (Å²) in [6.45, 7) is 15.8. The zero-order valence-corrected chi connectivity index (χ0v) is 30.4. The lowest BCUT2D eigenvalue weighted by Gasteiger charge is -2.38. The number of allylic oxidation sites excluding steroid dienone is 4. The highest BCUT2D eigenvalue weighted by Gasteiger charge is 2.34. The van der Waals surface area contributed by atoms with Crippen LogP contribution in [0.5, 0.6) is 11.5 Å². The summed E-state index contributed by atoms with van der Waals surface area (Å²) in [6, 6.07) is 9.28. The van der Waals surface area contributed by atoms with Crippen molar-refractivity contribution < 1.29 is 19.1 Å². The van der Waals surface area contributed by atoms with E-state index in [-0.39, 0.29) is 23.8 Å². The molecule has 2 aromatic rings. The Morgan fingerprint density at radius 3 is 2.30 bits per heavy atom. The minimum absolute atomic E-state index is 0.00764. The Morgan fingerprint density at radius 1 is 0.915 bits per heavy atom. The van der Waals surface area contributed by atoms with Crippen molar-refractivity contribution in [1.82, 2.24) is 0 Å². The third-order valence-corrected chi connectivity index (χ3v) is 10.3. The topological polar surface area (TPSA) is 52.6 Å². The van der Waals surface area contributed by atoms with E-state index in [2.05, 4.69) is 41.5 Å². The molecular weight excluding hydrogens is 580 g/mol. The van der Waals surface area contributed by atoms with Gasteiger partial charge in [-0.15, -0.1) is 0 Å². The maximum absolute atomic E-state index is 13.1. The summed E-state index contributed by atoms with van der Waals surface area (Å²) in [6.07, 6.45) is 21.4. The number of aryl methyl sites for hydroxylation is 1. The second-order valence-electron chi connectivity index (χ2n) is 15.4. The average molecular weight is 641 g/mol. The van der Waals surface area contributed by atoms with Gasteiger partial charge in [0.25, 0.3) is 0 Å². The molecule has 2 aliphatic rings. The summed E-state index contributed by atoms with van der Waals surface area (Å²) < 4.78 is 12.7. The Hall–Kier alpha value is -3.14. The van der Waals surface area contributed by atoms with Gasteiger partial charge in [-0.05, 0) is 106 Å².